The van der Waals surface area contributed by atoms with E-state index in [-0.39, 0.29) is 11.2 Å². The molecule has 2 aromatic carbocycles. The first-order valence-electron chi connectivity index (χ1n) is 11.7. The number of hydrogen-bond acceptors (Lipinski definition) is 7. The lowest BCUT2D eigenvalue weighted by molar-refractivity contribution is -0.118. The molecule has 1 aliphatic carbocycles. The lowest BCUT2D eigenvalue weighted by atomic mass is 9.73. The Morgan fingerprint density at radius 2 is 1.80 bits per heavy atom. The van der Waals surface area contributed by atoms with Crippen LogP contribution in [-0.4, -0.2) is 48.9 Å². The van der Waals surface area contributed by atoms with Crippen molar-refractivity contribution in [3.63, 3.8) is 0 Å². The number of nitrogens with zero attached hydrogens (tertiary/aromatic N) is 4. The average molecular weight is 474 g/mol. The van der Waals surface area contributed by atoms with Gasteiger partial charge in [0.2, 0.25) is 5.95 Å². The topological polar surface area (TPSA) is 81.5 Å². The Kier molecular flexibility index (Phi) is 5.54. The molecule has 1 aliphatic heterocycles. The average Bonchev–Trinajstić information content (AvgIpc) is 3.25. The second kappa shape index (κ2) is 8.45. The van der Waals surface area contributed by atoms with Gasteiger partial charge in [-0.05, 0) is 48.2 Å². The molecule has 0 saturated heterocycles. The van der Waals surface area contributed by atoms with Crippen LogP contribution in [-0.2, 0) is 4.79 Å². The summed E-state index contributed by atoms with van der Waals surface area (Å²) in [5, 5.41) is 8.33. The van der Waals surface area contributed by atoms with Crippen LogP contribution in [0.2, 0.25) is 0 Å². The van der Waals surface area contributed by atoms with Crippen LogP contribution < -0.4 is 19.7 Å². The number of carbonyl (C=O) groups is 1. The molecule has 0 fully saturated rings. The van der Waals surface area contributed by atoms with E-state index >= 15 is 0 Å². The van der Waals surface area contributed by atoms with E-state index in [1.54, 1.807) is 14.2 Å². The van der Waals surface area contributed by atoms with E-state index in [1.165, 1.54) is 0 Å². The van der Waals surface area contributed by atoms with Gasteiger partial charge in [0.1, 0.15) is 17.5 Å². The Labute approximate surface area is 205 Å². The van der Waals surface area contributed by atoms with Gasteiger partial charge in [0, 0.05) is 54.7 Å². The molecule has 1 aromatic heterocycles. The summed E-state index contributed by atoms with van der Waals surface area (Å²) in [5.74, 6) is 2.65. The molecule has 0 spiro atoms. The number of benzene rings is 2. The quantitative estimate of drug-likeness (QED) is 0.576. The van der Waals surface area contributed by atoms with Crippen molar-refractivity contribution in [3.8, 4) is 22.9 Å². The van der Waals surface area contributed by atoms with Gasteiger partial charge in [-0.3, -0.25) is 4.79 Å². The van der Waals surface area contributed by atoms with Crippen molar-refractivity contribution in [1.29, 1.82) is 0 Å². The van der Waals surface area contributed by atoms with Gasteiger partial charge in [-0.25, -0.2) is 4.68 Å². The molecular weight excluding hydrogens is 442 g/mol. The first-order valence-corrected chi connectivity index (χ1v) is 11.7. The second-order valence-electron chi connectivity index (χ2n) is 10.1. The molecule has 1 unspecified atom stereocenters. The number of methoxy groups -OCH3 is 2. The molecule has 0 saturated carbocycles. The summed E-state index contributed by atoms with van der Waals surface area (Å²) in [7, 11) is 7.26. The molecule has 0 amide bonds. The zero-order valence-electron chi connectivity index (χ0n) is 21.0. The number of anilines is 2. The van der Waals surface area contributed by atoms with Crippen molar-refractivity contribution < 1.29 is 14.3 Å². The number of aromatic nitrogens is 3. The Bertz CT molecular complexity index is 1320. The van der Waals surface area contributed by atoms with Crippen LogP contribution in [0.4, 0.5) is 11.6 Å². The maximum atomic E-state index is 13.5. The predicted octanol–water partition coefficient (Wildman–Crippen LogP) is 4.69. The van der Waals surface area contributed by atoms with Gasteiger partial charge in [0.05, 0.1) is 14.2 Å². The van der Waals surface area contributed by atoms with Crippen molar-refractivity contribution in [2.24, 2.45) is 5.41 Å². The monoisotopic (exact) mass is 473 g/mol. The molecule has 5 rings (SSSR count). The van der Waals surface area contributed by atoms with Crippen LogP contribution in [0.1, 0.15) is 38.3 Å². The van der Waals surface area contributed by atoms with Gasteiger partial charge in [0.25, 0.3) is 0 Å². The summed E-state index contributed by atoms with van der Waals surface area (Å²) in [6.45, 7) is 4.24. The first-order chi connectivity index (χ1) is 16.7. The van der Waals surface area contributed by atoms with Gasteiger partial charge in [-0.1, -0.05) is 13.8 Å². The number of ketones is 1. The molecule has 3 aromatic rings. The SMILES string of the molecule is COc1ccc(C2C3=C(CC(C)(C)CC3=O)Nc3nc(-c4ccc(N(C)C)cc4)nn32)c(OC)c1. The fourth-order valence-electron chi connectivity index (χ4n) is 4.97. The van der Waals surface area contributed by atoms with Crippen LogP contribution in [0.25, 0.3) is 11.4 Å². The van der Waals surface area contributed by atoms with E-state index in [0.29, 0.717) is 29.7 Å². The van der Waals surface area contributed by atoms with E-state index in [4.69, 9.17) is 19.6 Å². The maximum absolute atomic E-state index is 13.5. The maximum Gasteiger partial charge on any atom is 0.226 e. The van der Waals surface area contributed by atoms with E-state index in [9.17, 15) is 4.79 Å². The third kappa shape index (κ3) is 4.03. The zero-order chi connectivity index (χ0) is 24.9. The van der Waals surface area contributed by atoms with Crippen molar-refractivity contribution in [3.05, 3.63) is 59.3 Å². The molecule has 2 aliphatic rings. The summed E-state index contributed by atoms with van der Waals surface area (Å²) in [5.41, 5.74) is 4.34. The van der Waals surface area contributed by atoms with Crippen LogP contribution in [0.15, 0.2) is 53.7 Å². The number of hydrogen-bond donors (Lipinski definition) is 1. The minimum absolute atomic E-state index is 0.115. The molecule has 35 heavy (non-hydrogen) atoms. The van der Waals surface area contributed by atoms with Crippen molar-refractivity contribution >= 4 is 17.4 Å². The second-order valence-corrected chi connectivity index (χ2v) is 10.1. The Morgan fingerprint density at radius 1 is 1.06 bits per heavy atom. The van der Waals surface area contributed by atoms with Crippen LogP contribution in [0.5, 0.6) is 11.5 Å². The standard InChI is InChI=1S/C27H31N5O3/c1-27(2)14-20-23(21(33)15-27)24(19-12-11-18(34-5)13-22(19)35-6)32-26(28-20)29-25(30-32)16-7-9-17(10-8-16)31(3)4/h7-13,24H,14-15H2,1-6H3,(H,28,29,30). The number of carbonyl (C=O) groups excluding carboxylic acids is 1. The number of ether oxygens (including phenoxy) is 2. The minimum atomic E-state index is -0.451. The summed E-state index contributed by atoms with van der Waals surface area (Å²) in [6.07, 6.45) is 1.23. The number of Topliss-reactive ketones (excluding diaryl/α,β-unsaturated/α-hetero) is 1. The highest BCUT2D eigenvalue weighted by molar-refractivity contribution is 6.00. The molecule has 2 heterocycles. The summed E-state index contributed by atoms with van der Waals surface area (Å²) >= 11 is 0. The minimum Gasteiger partial charge on any atom is -0.497 e. The normalized spacial score (nSPS) is 18.5. The van der Waals surface area contributed by atoms with Crippen molar-refractivity contribution in [2.45, 2.75) is 32.7 Å². The third-order valence-corrected chi connectivity index (χ3v) is 6.71. The number of fused-ring (bicyclic) bond motifs is 1. The number of nitrogens with one attached hydrogen (secondary N) is 1. The highest BCUT2D eigenvalue weighted by Crippen LogP contribution is 2.47. The number of allylic oxidation sites excluding steroid dienone is 2. The smallest absolute Gasteiger partial charge is 0.226 e. The molecule has 0 bridgehead atoms. The van der Waals surface area contributed by atoms with E-state index in [0.717, 1.165) is 34.5 Å². The molecule has 182 valence electrons. The molecule has 1 atom stereocenters. The van der Waals surface area contributed by atoms with Gasteiger partial charge >= 0.3 is 0 Å². The van der Waals surface area contributed by atoms with Gasteiger partial charge in [-0.2, -0.15) is 4.98 Å². The lowest BCUT2D eigenvalue weighted by Crippen LogP contribution is -2.36. The van der Waals surface area contributed by atoms with Crippen LogP contribution >= 0.6 is 0 Å². The van der Waals surface area contributed by atoms with E-state index < -0.39 is 6.04 Å². The first kappa shape index (κ1) is 23.0. The van der Waals surface area contributed by atoms with Crippen molar-refractivity contribution in [2.75, 3.05) is 38.5 Å². The Hall–Kier alpha value is -3.81. The van der Waals surface area contributed by atoms with Gasteiger partial charge in [-0.15, -0.1) is 5.10 Å². The highest BCUT2D eigenvalue weighted by atomic mass is 16.5. The Balaban J connectivity index is 1.67. The van der Waals surface area contributed by atoms with Crippen LogP contribution in [0.3, 0.4) is 0 Å². The van der Waals surface area contributed by atoms with Gasteiger partial charge < -0.3 is 19.7 Å². The molecule has 8 nitrogen and oxygen atoms in total. The van der Waals surface area contributed by atoms with Gasteiger partial charge in [0.15, 0.2) is 11.6 Å². The van der Waals surface area contributed by atoms with Crippen LogP contribution in [0, 0.1) is 5.41 Å². The fraction of sp³-hybridized carbons (Fsp3) is 0.370. The lowest BCUT2D eigenvalue weighted by Gasteiger charge is -2.38. The van der Waals surface area contributed by atoms with Crippen molar-refractivity contribution in [1.82, 2.24) is 14.8 Å². The molecule has 8 heteroatoms. The third-order valence-electron chi connectivity index (χ3n) is 6.71. The van der Waals surface area contributed by atoms with E-state index in [1.807, 2.05) is 66.1 Å². The van der Waals surface area contributed by atoms with E-state index in [2.05, 4.69) is 19.2 Å². The summed E-state index contributed by atoms with van der Waals surface area (Å²) in [6, 6.07) is 13.3. The number of rotatable bonds is 5. The molecular formula is C27H31N5O3. The zero-order valence-corrected chi connectivity index (χ0v) is 21.0. The summed E-state index contributed by atoms with van der Waals surface area (Å²) < 4.78 is 13.0. The molecule has 1 N–H and O–H groups in total. The largest absolute Gasteiger partial charge is 0.497 e. The molecule has 0 radical (unpaired) electrons. The predicted molar refractivity (Wildman–Crippen MR) is 136 cm³/mol. The Morgan fingerprint density at radius 3 is 2.46 bits per heavy atom. The fourth-order valence-corrected chi connectivity index (χ4v) is 4.97. The highest BCUT2D eigenvalue weighted by Gasteiger charge is 2.42. The summed E-state index contributed by atoms with van der Waals surface area (Å²) in [4.78, 5) is 20.4.